The molecule has 0 unspecified atom stereocenters. The van der Waals surface area contributed by atoms with Crippen molar-refractivity contribution in [2.75, 3.05) is 0 Å². The lowest BCUT2D eigenvalue weighted by Crippen LogP contribution is -2.15. The summed E-state index contributed by atoms with van der Waals surface area (Å²) in [5.41, 5.74) is 1.34. The van der Waals surface area contributed by atoms with Gasteiger partial charge in [0.15, 0.2) is 0 Å². The lowest BCUT2D eigenvalue weighted by Gasteiger charge is -2.00. The highest BCUT2D eigenvalue weighted by Gasteiger charge is 2.03. The summed E-state index contributed by atoms with van der Waals surface area (Å²) in [5, 5.41) is 4.64. The molecule has 2 N–H and O–H groups in total. The first-order valence-corrected chi connectivity index (χ1v) is 5.04. The van der Waals surface area contributed by atoms with Crippen LogP contribution in [0.1, 0.15) is 11.4 Å². The van der Waals surface area contributed by atoms with Crippen LogP contribution in [0, 0.1) is 6.92 Å². The van der Waals surface area contributed by atoms with Crippen LogP contribution in [0.2, 0.25) is 0 Å². The first-order chi connectivity index (χ1) is 5.97. The molecule has 1 rings (SSSR count). The average Bonchev–Trinajstić information content (AvgIpc) is 2.00. The van der Waals surface area contributed by atoms with E-state index in [0.717, 1.165) is 5.69 Å². The number of aryl methyl sites for hydroxylation is 1. The molecule has 0 aromatic carbocycles. The normalized spacial score (nSPS) is 11.5. The van der Waals surface area contributed by atoms with Crippen molar-refractivity contribution in [3.63, 3.8) is 0 Å². The van der Waals surface area contributed by atoms with E-state index in [0.29, 0.717) is 5.69 Å². The zero-order chi connectivity index (χ0) is 9.90. The third kappa shape index (κ3) is 3.97. The van der Waals surface area contributed by atoms with Crippen LogP contribution in [0.25, 0.3) is 0 Å². The molecule has 0 aliphatic carbocycles. The fourth-order valence-corrected chi connectivity index (χ4v) is 1.11. The maximum atomic E-state index is 10.4. The summed E-state index contributed by atoms with van der Waals surface area (Å²) >= 11 is 0. The molecule has 0 saturated heterocycles. The monoisotopic (exact) mass is 202 g/mol. The zero-order valence-electron chi connectivity index (χ0n) is 7.10. The Morgan fingerprint density at radius 2 is 2.23 bits per heavy atom. The minimum absolute atomic E-state index is 0.124. The van der Waals surface area contributed by atoms with Crippen molar-refractivity contribution in [1.82, 2.24) is 4.98 Å². The van der Waals surface area contributed by atoms with E-state index >= 15 is 0 Å². The molecule has 0 fully saturated rings. The number of hydrogen-bond donors (Lipinski definition) is 1. The highest BCUT2D eigenvalue weighted by Crippen LogP contribution is 2.00. The van der Waals surface area contributed by atoms with Crippen LogP contribution in [-0.4, -0.2) is 13.4 Å². The molecule has 0 bridgehead atoms. The predicted octanol–water partition coefficient (Wildman–Crippen LogP) is 0.110. The van der Waals surface area contributed by atoms with Crippen LogP contribution >= 0.6 is 0 Å². The summed E-state index contributed by atoms with van der Waals surface area (Å²) in [4.78, 5) is 4.03. The molecule has 1 aromatic heterocycles. The molecule has 0 saturated carbocycles. The van der Waals surface area contributed by atoms with Gasteiger partial charge in [0.2, 0.25) is 0 Å². The second-order valence-corrected chi connectivity index (χ2v) is 3.75. The van der Waals surface area contributed by atoms with Crippen molar-refractivity contribution in [3.8, 4) is 0 Å². The lowest BCUT2D eigenvalue weighted by molar-refractivity contribution is 0.304. The molecule has 5 nitrogen and oxygen atoms in total. The predicted molar refractivity (Wildman–Crippen MR) is 46.9 cm³/mol. The fraction of sp³-hybridized carbons (Fsp3) is 0.286. The Bertz CT molecular complexity index is 388. The summed E-state index contributed by atoms with van der Waals surface area (Å²) < 4.78 is 25.2. The van der Waals surface area contributed by atoms with E-state index in [1.54, 1.807) is 25.1 Å². The van der Waals surface area contributed by atoms with Gasteiger partial charge in [-0.25, -0.2) is 5.14 Å². The third-order valence-electron chi connectivity index (χ3n) is 1.32. The molecule has 0 aliphatic rings. The van der Waals surface area contributed by atoms with Crippen LogP contribution in [0.15, 0.2) is 18.2 Å². The molecule has 6 heteroatoms. The van der Waals surface area contributed by atoms with Gasteiger partial charge < -0.3 is 0 Å². The highest BCUT2D eigenvalue weighted by molar-refractivity contribution is 7.84. The number of aromatic nitrogens is 1. The number of rotatable bonds is 3. The number of pyridine rings is 1. The number of hydrogen-bond acceptors (Lipinski definition) is 4. The van der Waals surface area contributed by atoms with Crippen LogP contribution in [0.3, 0.4) is 0 Å². The zero-order valence-corrected chi connectivity index (χ0v) is 7.91. The van der Waals surface area contributed by atoms with E-state index in [1.807, 2.05) is 0 Å². The molecule has 0 spiro atoms. The van der Waals surface area contributed by atoms with Crippen molar-refractivity contribution in [2.45, 2.75) is 13.5 Å². The van der Waals surface area contributed by atoms with E-state index in [-0.39, 0.29) is 6.61 Å². The Hall–Kier alpha value is -0.980. The highest BCUT2D eigenvalue weighted by atomic mass is 32.2. The van der Waals surface area contributed by atoms with Gasteiger partial charge in [0.05, 0.1) is 5.69 Å². The molecule has 1 aromatic rings. The van der Waals surface area contributed by atoms with E-state index in [4.69, 9.17) is 0 Å². The first kappa shape index (κ1) is 10.1. The van der Waals surface area contributed by atoms with E-state index < -0.39 is 10.3 Å². The van der Waals surface area contributed by atoms with Crippen molar-refractivity contribution < 1.29 is 12.6 Å². The molecule has 0 atom stereocenters. The Labute approximate surface area is 76.8 Å². The van der Waals surface area contributed by atoms with E-state index in [1.165, 1.54) is 0 Å². The summed E-state index contributed by atoms with van der Waals surface area (Å²) in [6, 6.07) is 5.24. The smallest absolute Gasteiger partial charge is 0.256 e. The molecule has 1 heterocycles. The molecule has 0 radical (unpaired) electrons. The van der Waals surface area contributed by atoms with Gasteiger partial charge in [0.25, 0.3) is 0 Å². The van der Waals surface area contributed by atoms with E-state index in [9.17, 15) is 8.42 Å². The van der Waals surface area contributed by atoms with Gasteiger partial charge >= 0.3 is 10.3 Å². The van der Waals surface area contributed by atoms with Crippen LogP contribution in [0.4, 0.5) is 0 Å². The second kappa shape index (κ2) is 3.82. The van der Waals surface area contributed by atoms with E-state index in [2.05, 4.69) is 14.3 Å². The van der Waals surface area contributed by atoms with Gasteiger partial charge in [-0.2, -0.15) is 8.42 Å². The SMILES string of the molecule is Cc1cccc(COS(N)(=O)=O)n1. The number of nitrogens with two attached hydrogens (primary N) is 1. The van der Waals surface area contributed by atoms with Gasteiger partial charge in [0, 0.05) is 5.69 Å². The van der Waals surface area contributed by atoms with Crippen molar-refractivity contribution >= 4 is 10.3 Å². The van der Waals surface area contributed by atoms with Crippen LogP contribution in [0.5, 0.6) is 0 Å². The molecular formula is C7H10N2O3S. The Balaban J connectivity index is 2.65. The largest absolute Gasteiger partial charge is 0.333 e. The minimum Gasteiger partial charge on any atom is -0.256 e. The molecule has 0 aliphatic heterocycles. The summed E-state index contributed by atoms with van der Waals surface area (Å²) in [6.45, 7) is 1.68. The fourth-order valence-electron chi connectivity index (χ4n) is 0.822. The topological polar surface area (TPSA) is 82.3 Å². The summed E-state index contributed by atoms with van der Waals surface area (Å²) in [7, 11) is -3.88. The molecule has 13 heavy (non-hydrogen) atoms. The van der Waals surface area contributed by atoms with Crippen LogP contribution in [-0.2, 0) is 21.1 Å². The van der Waals surface area contributed by atoms with Gasteiger partial charge in [-0.1, -0.05) is 6.07 Å². The van der Waals surface area contributed by atoms with Gasteiger partial charge in [0.1, 0.15) is 6.61 Å². The molecule has 0 amide bonds. The first-order valence-electron chi connectivity index (χ1n) is 3.57. The minimum atomic E-state index is -3.88. The Kier molecular flexibility index (Phi) is 2.97. The molecule has 72 valence electrons. The maximum Gasteiger partial charge on any atom is 0.333 e. The second-order valence-electron chi connectivity index (χ2n) is 2.53. The van der Waals surface area contributed by atoms with Gasteiger partial charge in [-0.15, -0.1) is 0 Å². The Morgan fingerprint density at radius 1 is 1.54 bits per heavy atom. The summed E-state index contributed by atoms with van der Waals surface area (Å²) in [5.74, 6) is 0. The standard InChI is InChI=1S/C7H10N2O3S/c1-6-3-2-4-7(9-6)5-12-13(8,10)11/h2-4H,5H2,1H3,(H2,8,10,11). The Morgan fingerprint density at radius 3 is 2.77 bits per heavy atom. The van der Waals surface area contributed by atoms with Crippen molar-refractivity contribution in [3.05, 3.63) is 29.6 Å². The quantitative estimate of drug-likeness (QED) is 0.754. The van der Waals surface area contributed by atoms with Crippen molar-refractivity contribution in [2.24, 2.45) is 5.14 Å². The van der Waals surface area contributed by atoms with Gasteiger partial charge in [-0.05, 0) is 19.1 Å². The molecular weight excluding hydrogens is 192 g/mol. The summed E-state index contributed by atoms with van der Waals surface area (Å²) in [6.07, 6.45) is 0. The lowest BCUT2D eigenvalue weighted by atomic mass is 10.3. The van der Waals surface area contributed by atoms with Gasteiger partial charge in [-0.3, -0.25) is 9.17 Å². The number of nitrogens with zero attached hydrogens (tertiary/aromatic N) is 1. The average molecular weight is 202 g/mol. The van der Waals surface area contributed by atoms with Crippen LogP contribution < -0.4 is 5.14 Å². The maximum absolute atomic E-state index is 10.4. The van der Waals surface area contributed by atoms with Crippen molar-refractivity contribution in [1.29, 1.82) is 0 Å². The third-order valence-corrected chi connectivity index (χ3v) is 1.76.